The summed E-state index contributed by atoms with van der Waals surface area (Å²) in [4.78, 5) is 22.1. The average molecular weight is 421 g/mol. The van der Waals surface area contributed by atoms with Gasteiger partial charge in [0.25, 0.3) is 5.91 Å². The number of rotatable bonds is 6. The highest BCUT2D eigenvalue weighted by Gasteiger charge is 2.33. The van der Waals surface area contributed by atoms with E-state index < -0.39 is 0 Å². The van der Waals surface area contributed by atoms with Gasteiger partial charge >= 0.3 is 0 Å². The normalized spacial score (nSPS) is 14.1. The van der Waals surface area contributed by atoms with Crippen molar-refractivity contribution in [2.45, 2.75) is 46.1 Å². The number of hydrogen-bond donors (Lipinski definition) is 2. The summed E-state index contributed by atoms with van der Waals surface area (Å²) < 4.78 is 3.59. The number of aryl methyl sites for hydroxylation is 1. The van der Waals surface area contributed by atoms with E-state index in [0.717, 1.165) is 34.9 Å². The van der Waals surface area contributed by atoms with E-state index >= 15 is 0 Å². The molecule has 0 bridgehead atoms. The van der Waals surface area contributed by atoms with E-state index in [0.29, 0.717) is 17.9 Å². The lowest BCUT2D eigenvalue weighted by atomic mass is 9.85. The third-order valence-corrected chi connectivity index (χ3v) is 5.95. The first kappa shape index (κ1) is 21.0. The van der Waals surface area contributed by atoms with E-state index in [1.165, 1.54) is 0 Å². The summed E-state index contributed by atoms with van der Waals surface area (Å²) in [6.07, 6.45) is 4.55. The summed E-state index contributed by atoms with van der Waals surface area (Å²) in [6.45, 7) is 8.72. The quantitative estimate of drug-likeness (QED) is 0.641. The largest absolute Gasteiger partial charge is 0.394 e. The minimum Gasteiger partial charge on any atom is -0.394 e. The molecule has 0 saturated heterocycles. The lowest BCUT2D eigenvalue weighted by Crippen LogP contribution is -2.30. The van der Waals surface area contributed by atoms with Gasteiger partial charge in [-0.2, -0.15) is 5.10 Å². The van der Waals surface area contributed by atoms with E-state index in [-0.39, 0.29) is 24.5 Å². The Bertz CT molecular complexity index is 1140. The number of nitrogens with one attached hydrogen (secondary N) is 1. The predicted molar refractivity (Wildman–Crippen MR) is 119 cm³/mol. The van der Waals surface area contributed by atoms with Gasteiger partial charge in [0, 0.05) is 23.5 Å². The van der Waals surface area contributed by atoms with Crippen molar-refractivity contribution >= 4 is 17.3 Å². The lowest BCUT2D eigenvalue weighted by Gasteiger charge is -2.20. The molecule has 31 heavy (non-hydrogen) atoms. The second-order valence-electron chi connectivity index (χ2n) is 8.36. The number of benzene rings is 1. The molecule has 162 valence electrons. The molecular formula is C23H28N6O2. The summed E-state index contributed by atoms with van der Waals surface area (Å²) >= 11 is 0. The Labute approximate surface area is 181 Å². The Hall–Kier alpha value is -3.26. The maximum atomic E-state index is 12.9. The van der Waals surface area contributed by atoms with Gasteiger partial charge in [0.2, 0.25) is 0 Å². The molecule has 0 aliphatic carbocycles. The van der Waals surface area contributed by atoms with Gasteiger partial charge in [-0.05, 0) is 31.0 Å². The highest BCUT2D eigenvalue weighted by Crippen LogP contribution is 2.37. The van der Waals surface area contributed by atoms with Crippen LogP contribution in [-0.4, -0.2) is 49.2 Å². The number of nitrogens with zero attached hydrogens (tertiary/aromatic N) is 5. The number of carbonyl (C=O) groups excluding carboxylic acids is 1. The van der Waals surface area contributed by atoms with Crippen molar-refractivity contribution in [2.75, 3.05) is 13.2 Å². The number of hydrogen-bond acceptors (Lipinski definition) is 5. The molecule has 0 radical (unpaired) electrons. The molecule has 8 heteroatoms. The van der Waals surface area contributed by atoms with Crippen molar-refractivity contribution in [1.82, 2.24) is 24.6 Å². The van der Waals surface area contributed by atoms with Crippen LogP contribution in [0.5, 0.6) is 0 Å². The maximum Gasteiger partial charge on any atom is 0.272 e. The van der Waals surface area contributed by atoms with E-state index in [9.17, 15) is 9.90 Å². The molecule has 2 N–H and O–H groups in total. The maximum absolute atomic E-state index is 12.9. The number of carbonyl (C=O) groups is 1. The van der Waals surface area contributed by atoms with Crippen molar-refractivity contribution in [2.24, 2.45) is 4.99 Å². The number of aliphatic imine (C=N–C) groups is 1. The number of aliphatic hydroxyl groups excluding tert-OH is 1. The van der Waals surface area contributed by atoms with Crippen LogP contribution < -0.4 is 5.32 Å². The van der Waals surface area contributed by atoms with Crippen molar-refractivity contribution < 1.29 is 9.90 Å². The van der Waals surface area contributed by atoms with Crippen molar-refractivity contribution in [3.8, 4) is 5.69 Å². The standard InChI is InChI=1S/C23H28N6O2/c1-5-23(3,4)21-19-20(29(27-21)12-13-30)22(31)25-14-18(26-19)16-6-8-17(9-7-16)28-11-10-24-15(28)2/h6-11,30H,5,12-14H2,1-4H3,(H,25,31). The minimum absolute atomic E-state index is 0.0981. The number of imidazole rings is 1. The first-order valence-corrected chi connectivity index (χ1v) is 10.5. The van der Waals surface area contributed by atoms with E-state index in [4.69, 9.17) is 4.99 Å². The van der Waals surface area contributed by atoms with Crippen LogP contribution in [0.25, 0.3) is 5.69 Å². The van der Waals surface area contributed by atoms with Gasteiger partial charge in [-0.15, -0.1) is 0 Å². The predicted octanol–water partition coefficient (Wildman–Crippen LogP) is 2.92. The fourth-order valence-electron chi connectivity index (χ4n) is 3.72. The monoisotopic (exact) mass is 420 g/mol. The highest BCUT2D eigenvalue weighted by atomic mass is 16.3. The van der Waals surface area contributed by atoms with Gasteiger partial charge in [0.05, 0.1) is 31.1 Å². The molecule has 2 aromatic heterocycles. The number of aliphatic hydroxyl groups is 1. The zero-order chi connectivity index (χ0) is 22.2. The van der Waals surface area contributed by atoms with Crippen LogP contribution in [0.3, 0.4) is 0 Å². The summed E-state index contributed by atoms with van der Waals surface area (Å²) in [6, 6.07) is 8.06. The molecule has 1 aromatic carbocycles. The molecule has 0 saturated carbocycles. The third-order valence-electron chi connectivity index (χ3n) is 5.95. The fourth-order valence-corrected chi connectivity index (χ4v) is 3.72. The van der Waals surface area contributed by atoms with Crippen molar-refractivity contribution in [3.05, 3.63) is 59.4 Å². The molecule has 1 aliphatic heterocycles. The van der Waals surface area contributed by atoms with Gasteiger partial charge < -0.3 is 15.0 Å². The first-order chi connectivity index (χ1) is 14.9. The second-order valence-corrected chi connectivity index (χ2v) is 8.36. The highest BCUT2D eigenvalue weighted by molar-refractivity contribution is 6.10. The topological polar surface area (TPSA) is 97.3 Å². The number of amides is 1. The van der Waals surface area contributed by atoms with E-state index in [1.54, 1.807) is 10.9 Å². The SMILES string of the molecule is CCC(C)(C)c1nn(CCO)c2c1N=C(c1ccc(-n3ccnc3C)cc1)CNC2=O. The summed E-state index contributed by atoms with van der Waals surface area (Å²) in [5.41, 5.74) is 4.25. The fraction of sp³-hybridized carbons (Fsp3) is 0.391. The van der Waals surface area contributed by atoms with Crippen LogP contribution in [0.1, 0.15) is 54.8 Å². The molecule has 1 aliphatic rings. The Morgan fingerprint density at radius 1 is 1.23 bits per heavy atom. The molecule has 0 unspecified atom stereocenters. The summed E-state index contributed by atoms with van der Waals surface area (Å²) in [5.74, 6) is 0.692. The van der Waals surface area contributed by atoms with Crippen LogP contribution in [-0.2, 0) is 12.0 Å². The number of aromatic nitrogens is 4. The van der Waals surface area contributed by atoms with Crippen LogP contribution in [0, 0.1) is 6.92 Å². The zero-order valence-electron chi connectivity index (χ0n) is 18.4. The molecule has 0 fully saturated rings. The van der Waals surface area contributed by atoms with Crippen molar-refractivity contribution in [3.63, 3.8) is 0 Å². The van der Waals surface area contributed by atoms with Crippen LogP contribution >= 0.6 is 0 Å². The summed E-state index contributed by atoms with van der Waals surface area (Å²) in [7, 11) is 0. The molecule has 1 amide bonds. The summed E-state index contributed by atoms with van der Waals surface area (Å²) in [5, 5.41) is 17.1. The smallest absolute Gasteiger partial charge is 0.272 e. The molecular weight excluding hydrogens is 392 g/mol. The molecule has 4 rings (SSSR count). The van der Waals surface area contributed by atoms with E-state index in [2.05, 4.69) is 36.2 Å². The van der Waals surface area contributed by atoms with Crippen LogP contribution in [0.2, 0.25) is 0 Å². The molecule has 3 heterocycles. The Morgan fingerprint density at radius 3 is 2.58 bits per heavy atom. The van der Waals surface area contributed by atoms with Crippen molar-refractivity contribution in [1.29, 1.82) is 0 Å². The molecule has 0 atom stereocenters. The zero-order valence-corrected chi connectivity index (χ0v) is 18.4. The van der Waals surface area contributed by atoms with Gasteiger partial charge in [0.15, 0.2) is 5.69 Å². The molecule has 3 aromatic rings. The molecule has 8 nitrogen and oxygen atoms in total. The molecule has 0 spiro atoms. The van der Waals surface area contributed by atoms with Crippen LogP contribution in [0.15, 0.2) is 41.7 Å². The third kappa shape index (κ3) is 3.79. The second kappa shape index (κ2) is 8.11. The van der Waals surface area contributed by atoms with Gasteiger partial charge in [-0.1, -0.05) is 32.9 Å². The van der Waals surface area contributed by atoms with Gasteiger partial charge in [-0.25, -0.2) is 9.98 Å². The van der Waals surface area contributed by atoms with E-state index in [1.807, 2.05) is 42.0 Å². The van der Waals surface area contributed by atoms with Gasteiger partial charge in [0.1, 0.15) is 11.5 Å². The Kier molecular flexibility index (Phi) is 5.49. The Balaban J connectivity index is 1.80. The minimum atomic E-state index is -0.257. The van der Waals surface area contributed by atoms with Crippen LogP contribution in [0.4, 0.5) is 5.69 Å². The number of fused-ring (bicyclic) bond motifs is 1. The first-order valence-electron chi connectivity index (χ1n) is 10.5. The van der Waals surface area contributed by atoms with Gasteiger partial charge in [-0.3, -0.25) is 9.48 Å². The average Bonchev–Trinajstić information content (AvgIpc) is 3.30. The lowest BCUT2D eigenvalue weighted by molar-refractivity contribution is 0.0948. The Morgan fingerprint density at radius 2 is 1.97 bits per heavy atom.